The Morgan fingerprint density at radius 1 is 0.424 bits per heavy atom. The highest BCUT2D eigenvalue weighted by atomic mass is 16.3. The van der Waals surface area contributed by atoms with E-state index in [2.05, 4.69) is 170 Å². The molecule has 0 N–H and O–H groups in total. The van der Waals surface area contributed by atoms with E-state index in [9.17, 15) is 0 Å². The van der Waals surface area contributed by atoms with Crippen molar-refractivity contribution in [2.45, 2.75) is 40.5 Å². The van der Waals surface area contributed by atoms with Gasteiger partial charge in [0.05, 0.1) is 27.8 Å². The first kappa shape index (κ1) is 38.5. The Morgan fingerprint density at radius 2 is 0.970 bits per heavy atom. The Morgan fingerprint density at radius 3 is 1.61 bits per heavy atom. The van der Waals surface area contributed by atoms with Crippen LogP contribution in [0.1, 0.15) is 38.8 Å². The van der Waals surface area contributed by atoms with E-state index in [4.69, 9.17) is 18.8 Å². The third-order valence-electron chi connectivity index (χ3n) is 13.4. The fourth-order valence-corrected chi connectivity index (χ4v) is 10.6. The van der Waals surface area contributed by atoms with E-state index < -0.39 is 0 Å². The Bertz CT molecular complexity index is 3820. The molecule has 13 aromatic rings. The molecule has 0 bridgehead atoms. The summed E-state index contributed by atoms with van der Waals surface area (Å²) in [6.07, 6.45) is 3.90. The number of nitrogens with zero attached hydrogens (tertiary/aromatic N) is 4. The highest BCUT2D eigenvalue weighted by Gasteiger charge is 2.24. The molecule has 0 unspecified atom stereocenters. The predicted molar refractivity (Wildman–Crippen MR) is 273 cm³/mol. The number of hydrogen-bond acceptors (Lipinski definition) is 4. The zero-order valence-electron chi connectivity index (χ0n) is 37.3. The molecule has 0 amide bonds. The van der Waals surface area contributed by atoms with Crippen molar-refractivity contribution in [2.24, 2.45) is 11.8 Å². The number of aromatic nitrogens is 4. The van der Waals surface area contributed by atoms with Gasteiger partial charge in [-0.3, -0.25) is 4.57 Å². The predicted octanol–water partition coefficient (Wildman–Crippen LogP) is 16.2. The molecule has 318 valence electrons. The fourth-order valence-electron chi connectivity index (χ4n) is 10.6. The normalized spacial score (nSPS) is 12.3. The van der Waals surface area contributed by atoms with Crippen LogP contribution in [0.5, 0.6) is 0 Å². The second kappa shape index (κ2) is 14.8. The van der Waals surface area contributed by atoms with E-state index >= 15 is 0 Å². The van der Waals surface area contributed by atoms with Crippen LogP contribution in [0, 0.1) is 11.8 Å². The van der Waals surface area contributed by atoms with Gasteiger partial charge in [-0.1, -0.05) is 107 Å². The van der Waals surface area contributed by atoms with Crippen LogP contribution in [0.3, 0.4) is 0 Å². The average Bonchev–Trinajstić information content (AvgIpc) is 4.08. The number of furan rings is 2. The molecule has 0 aliphatic rings. The number of benzene rings is 8. The summed E-state index contributed by atoms with van der Waals surface area (Å²) in [6.45, 7) is 9.16. The first-order chi connectivity index (χ1) is 32.3. The van der Waals surface area contributed by atoms with Gasteiger partial charge in [-0.25, -0.2) is 9.97 Å². The van der Waals surface area contributed by atoms with Gasteiger partial charge < -0.3 is 13.4 Å². The maximum atomic E-state index is 6.24. The van der Waals surface area contributed by atoms with Crippen molar-refractivity contribution >= 4 is 87.5 Å². The van der Waals surface area contributed by atoms with Crippen LogP contribution in [0.15, 0.2) is 179 Å². The lowest BCUT2D eigenvalue weighted by Crippen LogP contribution is -2.03. The van der Waals surface area contributed by atoms with E-state index in [1.165, 1.54) is 32.7 Å². The Balaban J connectivity index is 1.09. The van der Waals surface area contributed by atoms with Crippen molar-refractivity contribution in [3.8, 4) is 34.0 Å². The molecule has 8 aromatic carbocycles. The van der Waals surface area contributed by atoms with Gasteiger partial charge in [-0.15, -0.1) is 0 Å². The van der Waals surface area contributed by atoms with Crippen LogP contribution in [-0.2, 0) is 12.8 Å². The molecule has 5 aromatic heterocycles. The van der Waals surface area contributed by atoms with Gasteiger partial charge >= 0.3 is 0 Å². The van der Waals surface area contributed by atoms with Crippen LogP contribution in [0.25, 0.3) is 122 Å². The van der Waals surface area contributed by atoms with E-state index in [1.54, 1.807) is 0 Å². The van der Waals surface area contributed by atoms with Gasteiger partial charge in [0, 0.05) is 60.5 Å². The minimum atomic E-state index is 0.523. The highest BCUT2D eigenvalue weighted by molar-refractivity contribution is 6.24. The topological polar surface area (TPSA) is 61.9 Å². The zero-order chi connectivity index (χ0) is 44.2. The van der Waals surface area contributed by atoms with Crippen molar-refractivity contribution in [2.75, 3.05) is 0 Å². The quantitative estimate of drug-likeness (QED) is 0.153. The molecule has 0 radical (unpaired) electrons. The summed E-state index contributed by atoms with van der Waals surface area (Å²) in [5, 5.41) is 9.19. The summed E-state index contributed by atoms with van der Waals surface area (Å²) in [4.78, 5) is 10.5. The van der Waals surface area contributed by atoms with Gasteiger partial charge in [-0.05, 0) is 132 Å². The SMILES string of the molecule is CC(C)Cc1ccc2c(c1)c1ccc3c4cc(CC(C)C)ccc4n(-c4nccc(-c5ccc6oc7ccccc7c6c5)n4)c3c1n2-c1cccc(-c2ccc3oc4ccccc4c3c2)c1. The number of para-hydroxylation sites is 2. The standard InChI is InChI=1S/C60H46N4O2/c1-35(2)28-37-16-22-52-47(30-37)45-20-21-46-48-31-38(29-36(3)4)17-23-53(48)64(60-61-27-26-51(62-60)41-19-25-57-50(34-41)44-13-6-8-15-55(44)66-57)59(46)58(45)63(52)42-11-9-10-39(32-42)40-18-24-56-49(33-40)43-12-5-7-14-54(43)65-56/h5-27,30-36H,28-29H2,1-4H3. The summed E-state index contributed by atoms with van der Waals surface area (Å²) < 4.78 is 17.2. The first-order valence-electron chi connectivity index (χ1n) is 23.1. The molecule has 0 atom stereocenters. The maximum Gasteiger partial charge on any atom is 0.235 e. The largest absolute Gasteiger partial charge is 0.456 e. The van der Waals surface area contributed by atoms with Crippen LogP contribution in [0.4, 0.5) is 0 Å². The van der Waals surface area contributed by atoms with Gasteiger partial charge in [0.2, 0.25) is 5.95 Å². The molecule has 6 nitrogen and oxygen atoms in total. The van der Waals surface area contributed by atoms with Crippen LogP contribution >= 0.6 is 0 Å². The van der Waals surface area contributed by atoms with Gasteiger partial charge in [0.1, 0.15) is 22.3 Å². The van der Waals surface area contributed by atoms with E-state index in [-0.39, 0.29) is 0 Å². The summed E-state index contributed by atoms with van der Waals surface area (Å²) in [7, 11) is 0. The van der Waals surface area contributed by atoms with Gasteiger partial charge in [-0.2, -0.15) is 0 Å². The fraction of sp³-hybridized carbons (Fsp3) is 0.133. The third-order valence-corrected chi connectivity index (χ3v) is 13.4. The number of rotatable bonds is 8. The van der Waals surface area contributed by atoms with E-state index in [1.807, 2.05) is 36.5 Å². The molecule has 0 saturated heterocycles. The third kappa shape index (κ3) is 6.08. The molecule has 0 aliphatic carbocycles. The van der Waals surface area contributed by atoms with E-state index in [0.717, 1.165) is 107 Å². The van der Waals surface area contributed by atoms with Crippen LogP contribution < -0.4 is 0 Å². The van der Waals surface area contributed by atoms with Gasteiger partial charge in [0.25, 0.3) is 0 Å². The van der Waals surface area contributed by atoms with Crippen molar-refractivity contribution in [3.63, 3.8) is 0 Å². The summed E-state index contributed by atoms with van der Waals surface area (Å²) in [5.74, 6) is 1.68. The average molecular weight is 855 g/mol. The second-order valence-corrected chi connectivity index (χ2v) is 18.8. The molecule has 6 heteroatoms. The monoisotopic (exact) mass is 854 g/mol. The molecule has 13 rings (SSSR count). The summed E-state index contributed by atoms with van der Waals surface area (Å²) >= 11 is 0. The molecular formula is C60H46N4O2. The van der Waals surface area contributed by atoms with Gasteiger partial charge in [0.15, 0.2) is 0 Å². The number of fused-ring (bicyclic) bond motifs is 13. The smallest absolute Gasteiger partial charge is 0.235 e. The van der Waals surface area contributed by atoms with Crippen LogP contribution in [-0.4, -0.2) is 19.1 Å². The van der Waals surface area contributed by atoms with Crippen molar-refractivity contribution in [1.82, 2.24) is 19.1 Å². The highest BCUT2D eigenvalue weighted by Crippen LogP contribution is 2.43. The minimum absolute atomic E-state index is 0.523. The Labute approximate surface area is 381 Å². The minimum Gasteiger partial charge on any atom is -0.456 e. The zero-order valence-corrected chi connectivity index (χ0v) is 37.3. The lowest BCUT2D eigenvalue weighted by Gasteiger charge is -2.13. The molecule has 66 heavy (non-hydrogen) atoms. The lowest BCUT2D eigenvalue weighted by atomic mass is 10.00. The Kier molecular flexibility index (Phi) is 8.63. The number of hydrogen-bond donors (Lipinski definition) is 0. The first-order valence-corrected chi connectivity index (χ1v) is 23.1. The molecule has 5 heterocycles. The second-order valence-electron chi connectivity index (χ2n) is 18.8. The molecule has 0 aliphatic heterocycles. The van der Waals surface area contributed by atoms with Crippen LogP contribution in [0.2, 0.25) is 0 Å². The maximum absolute atomic E-state index is 6.24. The van der Waals surface area contributed by atoms with E-state index in [0.29, 0.717) is 17.8 Å². The molecular weight excluding hydrogens is 809 g/mol. The lowest BCUT2D eigenvalue weighted by molar-refractivity contribution is 0.647. The Hall–Kier alpha value is -7.96. The summed E-state index contributed by atoms with van der Waals surface area (Å²) in [6, 6.07) is 59.1. The summed E-state index contributed by atoms with van der Waals surface area (Å²) in [5.41, 5.74) is 15.8. The van der Waals surface area contributed by atoms with Crippen molar-refractivity contribution < 1.29 is 8.83 Å². The molecule has 0 fully saturated rings. The van der Waals surface area contributed by atoms with Crippen molar-refractivity contribution in [1.29, 1.82) is 0 Å². The molecule has 0 spiro atoms. The molecule has 0 saturated carbocycles. The van der Waals surface area contributed by atoms with Crippen molar-refractivity contribution in [3.05, 3.63) is 181 Å².